The zero-order chi connectivity index (χ0) is 12.4. The number of halogens is 1. The number of carboxylic acid groups (broad SMARTS) is 1. The molecule has 0 aliphatic heterocycles. The summed E-state index contributed by atoms with van der Waals surface area (Å²) in [5, 5.41) is 21.9. The summed E-state index contributed by atoms with van der Waals surface area (Å²) in [6, 6.07) is 8.21. The highest BCUT2D eigenvalue weighted by molar-refractivity contribution is 6.32. The number of aromatic nitrogens is 2. The number of aromatic carboxylic acids is 1. The van der Waals surface area contributed by atoms with Crippen LogP contribution in [0.1, 0.15) is 16.1 Å². The van der Waals surface area contributed by atoms with Crippen LogP contribution in [0.4, 0.5) is 0 Å². The minimum absolute atomic E-state index is 0.0890. The number of nitrogens with zero attached hydrogens (tertiary/aromatic N) is 3. The normalized spacial score (nSPS) is 9.88. The Labute approximate surface area is 101 Å². The maximum absolute atomic E-state index is 10.7. The van der Waals surface area contributed by atoms with Crippen LogP contribution in [0.3, 0.4) is 0 Å². The van der Waals surface area contributed by atoms with E-state index in [0.29, 0.717) is 10.7 Å². The Balaban J connectivity index is 2.57. The molecule has 0 fully saturated rings. The third-order valence-electron chi connectivity index (χ3n) is 2.16. The molecule has 2 aromatic rings. The predicted octanol–water partition coefficient (Wildman–Crippen LogP) is 2.10. The standard InChI is InChI=1S/C11H6ClN3O2/c12-8-2-1-3-10(7(8)6-13)15-5-4-9(14-15)11(16)17/h1-5H,(H,16,17). The monoisotopic (exact) mass is 247 g/mol. The second-order valence-electron chi connectivity index (χ2n) is 3.20. The summed E-state index contributed by atoms with van der Waals surface area (Å²) >= 11 is 5.87. The molecule has 1 heterocycles. The van der Waals surface area contributed by atoms with E-state index >= 15 is 0 Å². The highest BCUT2D eigenvalue weighted by atomic mass is 35.5. The second kappa shape index (κ2) is 4.28. The van der Waals surface area contributed by atoms with E-state index in [2.05, 4.69) is 5.10 Å². The van der Waals surface area contributed by atoms with Crippen LogP contribution in [0.2, 0.25) is 5.02 Å². The Bertz CT molecular complexity index is 628. The number of hydrogen-bond donors (Lipinski definition) is 1. The molecule has 0 saturated heterocycles. The van der Waals surface area contributed by atoms with Crippen molar-refractivity contribution in [1.82, 2.24) is 9.78 Å². The molecule has 0 aliphatic carbocycles. The topological polar surface area (TPSA) is 78.9 Å². The zero-order valence-corrected chi connectivity index (χ0v) is 9.22. The van der Waals surface area contributed by atoms with E-state index in [1.54, 1.807) is 18.2 Å². The average molecular weight is 248 g/mol. The van der Waals surface area contributed by atoms with Gasteiger partial charge in [0.05, 0.1) is 16.3 Å². The molecule has 1 N–H and O–H groups in total. The lowest BCUT2D eigenvalue weighted by molar-refractivity contribution is 0.0690. The van der Waals surface area contributed by atoms with Crippen molar-refractivity contribution in [2.24, 2.45) is 0 Å². The van der Waals surface area contributed by atoms with Gasteiger partial charge in [-0.05, 0) is 18.2 Å². The van der Waals surface area contributed by atoms with Crippen molar-refractivity contribution in [3.05, 3.63) is 46.7 Å². The van der Waals surface area contributed by atoms with Crippen molar-refractivity contribution in [3.63, 3.8) is 0 Å². The predicted molar refractivity (Wildman–Crippen MR) is 60.2 cm³/mol. The van der Waals surface area contributed by atoms with Gasteiger partial charge < -0.3 is 5.11 Å². The number of carboxylic acids is 1. The van der Waals surface area contributed by atoms with Gasteiger partial charge in [-0.15, -0.1) is 0 Å². The van der Waals surface area contributed by atoms with Crippen LogP contribution >= 0.6 is 11.6 Å². The zero-order valence-electron chi connectivity index (χ0n) is 8.46. The number of carbonyl (C=O) groups is 1. The summed E-state index contributed by atoms with van der Waals surface area (Å²) in [6.45, 7) is 0. The fourth-order valence-corrected chi connectivity index (χ4v) is 1.60. The van der Waals surface area contributed by atoms with Crippen LogP contribution in [-0.2, 0) is 0 Å². The molecule has 0 amide bonds. The van der Waals surface area contributed by atoms with Gasteiger partial charge in [-0.25, -0.2) is 9.48 Å². The Morgan fingerprint density at radius 1 is 1.47 bits per heavy atom. The molecule has 6 heteroatoms. The minimum Gasteiger partial charge on any atom is -0.476 e. The molecular weight excluding hydrogens is 242 g/mol. The van der Waals surface area contributed by atoms with Gasteiger partial charge in [-0.3, -0.25) is 0 Å². The molecule has 1 aromatic carbocycles. The highest BCUT2D eigenvalue weighted by Gasteiger charge is 2.12. The molecule has 0 saturated carbocycles. The Morgan fingerprint density at radius 3 is 2.82 bits per heavy atom. The first-order valence-electron chi connectivity index (χ1n) is 4.61. The molecule has 84 valence electrons. The minimum atomic E-state index is -1.12. The SMILES string of the molecule is N#Cc1c(Cl)cccc1-n1ccc(C(=O)O)n1. The first-order valence-corrected chi connectivity index (χ1v) is 4.99. The summed E-state index contributed by atoms with van der Waals surface area (Å²) in [6.07, 6.45) is 1.47. The number of hydrogen-bond acceptors (Lipinski definition) is 3. The maximum Gasteiger partial charge on any atom is 0.356 e. The van der Waals surface area contributed by atoms with E-state index in [9.17, 15) is 4.79 Å². The molecule has 0 atom stereocenters. The summed E-state index contributed by atoms with van der Waals surface area (Å²) in [5.41, 5.74) is 0.621. The van der Waals surface area contributed by atoms with E-state index in [1.165, 1.54) is 16.9 Å². The molecule has 2 rings (SSSR count). The third-order valence-corrected chi connectivity index (χ3v) is 2.47. The molecular formula is C11H6ClN3O2. The van der Waals surface area contributed by atoms with Gasteiger partial charge in [0, 0.05) is 6.20 Å². The van der Waals surface area contributed by atoms with Crippen molar-refractivity contribution < 1.29 is 9.90 Å². The molecule has 17 heavy (non-hydrogen) atoms. The Morgan fingerprint density at radius 2 is 2.24 bits per heavy atom. The average Bonchev–Trinajstić information content (AvgIpc) is 2.77. The molecule has 0 spiro atoms. The van der Waals surface area contributed by atoms with E-state index < -0.39 is 5.97 Å². The van der Waals surface area contributed by atoms with Crippen LogP contribution in [0, 0.1) is 11.3 Å². The lowest BCUT2D eigenvalue weighted by Gasteiger charge is -2.04. The summed E-state index contributed by atoms with van der Waals surface area (Å²) in [7, 11) is 0. The number of rotatable bonds is 2. The van der Waals surface area contributed by atoms with Gasteiger partial charge >= 0.3 is 5.97 Å². The fraction of sp³-hybridized carbons (Fsp3) is 0. The van der Waals surface area contributed by atoms with E-state index in [1.807, 2.05) is 6.07 Å². The van der Waals surface area contributed by atoms with Gasteiger partial charge in [0.15, 0.2) is 5.69 Å². The van der Waals surface area contributed by atoms with Crippen molar-refractivity contribution in [1.29, 1.82) is 5.26 Å². The van der Waals surface area contributed by atoms with Crippen molar-refractivity contribution >= 4 is 17.6 Å². The first-order chi connectivity index (χ1) is 8.13. The summed E-state index contributed by atoms with van der Waals surface area (Å²) in [5.74, 6) is -1.12. The summed E-state index contributed by atoms with van der Waals surface area (Å²) in [4.78, 5) is 10.7. The highest BCUT2D eigenvalue weighted by Crippen LogP contribution is 2.21. The first kappa shape index (κ1) is 11.2. The van der Waals surface area contributed by atoms with E-state index in [4.69, 9.17) is 22.0 Å². The molecule has 1 aromatic heterocycles. The van der Waals surface area contributed by atoms with Crippen LogP contribution in [-0.4, -0.2) is 20.9 Å². The van der Waals surface area contributed by atoms with Crippen molar-refractivity contribution in [2.75, 3.05) is 0 Å². The van der Waals surface area contributed by atoms with Crippen LogP contribution in [0.15, 0.2) is 30.5 Å². The molecule has 0 aliphatic rings. The van der Waals surface area contributed by atoms with Crippen molar-refractivity contribution in [2.45, 2.75) is 0 Å². The molecule has 0 radical (unpaired) electrons. The Kier molecular flexibility index (Phi) is 2.81. The lowest BCUT2D eigenvalue weighted by atomic mass is 10.2. The third kappa shape index (κ3) is 1.98. The van der Waals surface area contributed by atoms with Crippen molar-refractivity contribution in [3.8, 4) is 11.8 Å². The lowest BCUT2D eigenvalue weighted by Crippen LogP contribution is -2.02. The van der Waals surface area contributed by atoms with Crippen LogP contribution < -0.4 is 0 Å². The maximum atomic E-state index is 10.7. The second-order valence-corrected chi connectivity index (χ2v) is 3.60. The smallest absolute Gasteiger partial charge is 0.356 e. The van der Waals surface area contributed by atoms with Gasteiger partial charge in [-0.2, -0.15) is 10.4 Å². The number of nitriles is 1. The quantitative estimate of drug-likeness (QED) is 0.881. The largest absolute Gasteiger partial charge is 0.476 e. The molecule has 0 bridgehead atoms. The van der Waals surface area contributed by atoms with Gasteiger partial charge in [0.2, 0.25) is 0 Å². The van der Waals surface area contributed by atoms with Crippen LogP contribution in [0.25, 0.3) is 5.69 Å². The van der Waals surface area contributed by atoms with Gasteiger partial charge in [0.25, 0.3) is 0 Å². The van der Waals surface area contributed by atoms with E-state index in [0.717, 1.165) is 0 Å². The fourth-order valence-electron chi connectivity index (χ4n) is 1.39. The molecule has 5 nitrogen and oxygen atoms in total. The van der Waals surface area contributed by atoms with Gasteiger partial charge in [-0.1, -0.05) is 17.7 Å². The summed E-state index contributed by atoms with van der Waals surface area (Å²) < 4.78 is 1.31. The van der Waals surface area contributed by atoms with Crippen LogP contribution in [0.5, 0.6) is 0 Å². The Hall–Kier alpha value is -2.32. The molecule has 0 unspecified atom stereocenters. The van der Waals surface area contributed by atoms with Gasteiger partial charge in [0.1, 0.15) is 6.07 Å². The number of benzene rings is 1. The van der Waals surface area contributed by atoms with E-state index in [-0.39, 0.29) is 11.3 Å².